The Bertz CT molecular complexity index is 398. The topological polar surface area (TPSA) is 91.0 Å². The van der Waals surface area contributed by atoms with E-state index in [-0.39, 0.29) is 24.0 Å². The van der Waals surface area contributed by atoms with Crippen LogP contribution in [0.1, 0.15) is 34.5 Å². The van der Waals surface area contributed by atoms with Crippen molar-refractivity contribution in [3.05, 3.63) is 23.7 Å². The summed E-state index contributed by atoms with van der Waals surface area (Å²) in [6.45, 7) is 2.69. The van der Waals surface area contributed by atoms with Crippen LogP contribution in [0.3, 0.4) is 0 Å². The zero-order valence-corrected chi connectivity index (χ0v) is 9.55. The molecule has 0 saturated carbocycles. The minimum absolute atomic E-state index is 0.00203. The van der Waals surface area contributed by atoms with Crippen molar-refractivity contribution < 1.29 is 24.2 Å². The van der Waals surface area contributed by atoms with Crippen LogP contribution in [0.2, 0.25) is 0 Å². The van der Waals surface area contributed by atoms with Gasteiger partial charge in [0.2, 0.25) is 5.76 Å². The average Bonchev–Trinajstić information content (AvgIpc) is 2.79. The predicted octanol–water partition coefficient (Wildman–Crippen LogP) is 0.822. The molecule has 6 heteroatoms. The van der Waals surface area contributed by atoms with E-state index in [4.69, 9.17) is 14.6 Å². The smallest absolute Gasteiger partial charge is 0.371 e. The van der Waals surface area contributed by atoms with Gasteiger partial charge < -0.3 is 19.5 Å². The van der Waals surface area contributed by atoms with Gasteiger partial charge in [-0.3, -0.25) is 4.79 Å². The SMILES string of the molecule is CCN(CCCO)C(=O)c1ccc(C(=O)O)o1. The summed E-state index contributed by atoms with van der Waals surface area (Å²) in [6, 6.07) is 2.59. The first-order valence-corrected chi connectivity index (χ1v) is 5.33. The number of carboxylic acid groups (broad SMARTS) is 1. The van der Waals surface area contributed by atoms with Gasteiger partial charge in [-0.25, -0.2) is 4.79 Å². The third-order valence-corrected chi connectivity index (χ3v) is 2.28. The lowest BCUT2D eigenvalue weighted by Gasteiger charge is -2.18. The van der Waals surface area contributed by atoms with Gasteiger partial charge in [0.05, 0.1) is 0 Å². The molecule has 1 heterocycles. The number of nitrogens with zero attached hydrogens (tertiary/aromatic N) is 1. The second-order valence-electron chi connectivity index (χ2n) is 3.43. The molecular formula is C11H15NO5. The summed E-state index contributed by atoms with van der Waals surface area (Å²) >= 11 is 0. The van der Waals surface area contributed by atoms with E-state index in [1.807, 2.05) is 0 Å². The molecule has 0 spiro atoms. The first kappa shape index (κ1) is 13.2. The Morgan fingerprint density at radius 2 is 2.00 bits per heavy atom. The maximum absolute atomic E-state index is 11.9. The second-order valence-corrected chi connectivity index (χ2v) is 3.43. The summed E-state index contributed by atoms with van der Waals surface area (Å²) < 4.78 is 4.92. The molecule has 6 nitrogen and oxygen atoms in total. The maximum atomic E-state index is 11.9. The van der Waals surface area contributed by atoms with E-state index in [0.717, 1.165) is 0 Å². The molecule has 0 fully saturated rings. The van der Waals surface area contributed by atoms with Crippen LogP contribution in [0.5, 0.6) is 0 Å². The largest absolute Gasteiger partial charge is 0.475 e. The van der Waals surface area contributed by atoms with Crippen LogP contribution in [0, 0.1) is 0 Å². The summed E-state index contributed by atoms with van der Waals surface area (Å²) in [5.74, 6) is -1.83. The molecule has 1 aromatic heterocycles. The zero-order valence-electron chi connectivity index (χ0n) is 9.55. The first-order valence-electron chi connectivity index (χ1n) is 5.33. The molecule has 0 aromatic carbocycles. The van der Waals surface area contributed by atoms with Crippen LogP contribution in [0.4, 0.5) is 0 Å². The fraction of sp³-hybridized carbons (Fsp3) is 0.455. The van der Waals surface area contributed by atoms with Crippen LogP contribution in [-0.2, 0) is 0 Å². The molecular weight excluding hydrogens is 226 g/mol. The van der Waals surface area contributed by atoms with Gasteiger partial charge in [0.15, 0.2) is 5.76 Å². The van der Waals surface area contributed by atoms with Gasteiger partial charge in [0.1, 0.15) is 0 Å². The number of amides is 1. The van der Waals surface area contributed by atoms with Crippen molar-refractivity contribution in [2.75, 3.05) is 19.7 Å². The maximum Gasteiger partial charge on any atom is 0.371 e. The fourth-order valence-corrected chi connectivity index (χ4v) is 1.39. The van der Waals surface area contributed by atoms with E-state index in [1.54, 1.807) is 6.92 Å². The second kappa shape index (κ2) is 6.05. The molecule has 0 unspecified atom stereocenters. The number of hydrogen-bond acceptors (Lipinski definition) is 4. The highest BCUT2D eigenvalue weighted by molar-refractivity contribution is 5.93. The third-order valence-electron chi connectivity index (χ3n) is 2.28. The molecule has 0 bridgehead atoms. The van der Waals surface area contributed by atoms with Crippen LogP contribution < -0.4 is 0 Å². The number of carboxylic acids is 1. The summed E-state index contributed by atoms with van der Waals surface area (Å²) in [5.41, 5.74) is 0. The van der Waals surface area contributed by atoms with Gasteiger partial charge in [-0.05, 0) is 25.5 Å². The van der Waals surface area contributed by atoms with E-state index in [0.29, 0.717) is 19.5 Å². The van der Waals surface area contributed by atoms with E-state index >= 15 is 0 Å². The molecule has 0 aliphatic rings. The Labute approximate surface area is 98.5 Å². The Morgan fingerprint density at radius 1 is 1.35 bits per heavy atom. The molecule has 0 atom stereocenters. The fourth-order valence-electron chi connectivity index (χ4n) is 1.39. The number of carbonyl (C=O) groups excluding carboxylic acids is 1. The number of aromatic carboxylic acids is 1. The minimum atomic E-state index is -1.21. The first-order chi connectivity index (χ1) is 8.10. The molecule has 0 aliphatic heterocycles. The number of rotatable bonds is 6. The highest BCUT2D eigenvalue weighted by Gasteiger charge is 2.19. The van der Waals surface area contributed by atoms with E-state index in [9.17, 15) is 9.59 Å². The summed E-state index contributed by atoms with van der Waals surface area (Å²) in [4.78, 5) is 24.0. The molecule has 1 rings (SSSR count). The van der Waals surface area contributed by atoms with E-state index in [1.165, 1.54) is 17.0 Å². The van der Waals surface area contributed by atoms with Gasteiger partial charge in [-0.15, -0.1) is 0 Å². The van der Waals surface area contributed by atoms with Crippen molar-refractivity contribution in [3.8, 4) is 0 Å². The molecule has 0 saturated heterocycles. The number of aliphatic hydroxyl groups excluding tert-OH is 1. The number of aliphatic hydroxyl groups is 1. The lowest BCUT2D eigenvalue weighted by molar-refractivity contribution is 0.0649. The molecule has 17 heavy (non-hydrogen) atoms. The lowest BCUT2D eigenvalue weighted by atomic mass is 10.3. The van der Waals surface area contributed by atoms with Gasteiger partial charge in [0.25, 0.3) is 5.91 Å². The molecule has 1 amide bonds. The highest BCUT2D eigenvalue weighted by atomic mass is 16.4. The lowest BCUT2D eigenvalue weighted by Crippen LogP contribution is -2.31. The Kier molecular flexibility index (Phi) is 4.71. The molecule has 2 N–H and O–H groups in total. The minimum Gasteiger partial charge on any atom is -0.475 e. The Morgan fingerprint density at radius 3 is 2.47 bits per heavy atom. The van der Waals surface area contributed by atoms with Crippen molar-refractivity contribution in [2.45, 2.75) is 13.3 Å². The van der Waals surface area contributed by atoms with Crippen LogP contribution in [-0.4, -0.2) is 46.7 Å². The van der Waals surface area contributed by atoms with Gasteiger partial charge in [0, 0.05) is 19.7 Å². The number of furan rings is 1. The van der Waals surface area contributed by atoms with Crippen LogP contribution in [0.25, 0.3) is 0 Å². The van der Waals surface area contributed by atoms with Crippen LogP contribution >= 0.6 is 0 Å². The monoisotopic (exact) mass is 241 g/mol. The number of hydrogen-bond donors (Lipinski definition) is 2. The van der Waals surface area contributed by atoms with Crippen LogP contribution in [0.15, 0.2) is 16.5 Å². The number of carbonyl (C=O) groups is 2. The van der Waals surface area contributed by atoms with Crippen molar-refractivity contribution in [3.63, 3.8) is 0 Å². The summed E-state index contributed by atoms with van der Waals surface area (Å²) in [6.07, 6.45) is 0.478. The summed E-state index contributed by atoms with van der Waals surface area (Å²) in [5, 5.41) is 17.4. The molecule has 1 aromatic rings. The quantitative estimate of drug-likeness (QED) is 0.769. The van der Waals surface area contributed by atoms with E-state index in [2.05, 4.69) is 0 Å². The Balaban J connectivity index is 2.75. The predicted molar refractivity (Wildman–Crippen MR) is 58.9 cm³/mol. The van der Waals surface area contributed by atoms with Crippen molar-refractivity contribution >= 4 is 11.9 Å². The average molecular weight is 241 g/mol. The van der Waals surface area contributed by atoms with Crippen molar-refractivity contribution in [2.24, 2.45) is 0 Å². The molecule has 0 radical (unpaired) electrons. The van der Waals surface area contributed by atoms with Crippen molar-refractivity contribution in [1.29, 1.82) is 0 Å². The standard InChI is InChI=1S/C11H15NO5/c1-2-12(6-3-7-13)10(14)8-4-5-9(17-8)11(15)16/h4-5,13H,2-3,6-7H2,1H3,(H,15,16). The van der Waals surface area contributed by atoms with Gasteiger partial charge >= 0.3 is 5.97 Å². The normalized spacial score (nSPS) is 10.2. The van der Waals surface area contributed by atoms with E-state index < -0.39 is 5.97 Å². The van der Waals surface area contributed by atoms with Gasteiger partial charge in [-0.1, -0.05) is 0 Å². The van der Waals surface area contributed by atoms with Gasteiger partial charge in [-0.2, -0.15) is 0 Å². The zero-order chi connectivity index (χ0) is 12.8. The third kappa shape index (κ3) is 3.32. The molecule has 0 aliphatic carbocycles. The molecule has 94 valence electrons. The summed E-state index contributed by atoms with van der Waals surface area (Å²) in [7, 11) is 0. The highest BCUT2D eigenvalue weighted by Crippen LogP contribution is 2.11. The Hall–Kier alpha value is -1.82. The van der Waals surface area contributed by atoms with Crippen molar-refractivity contribution in [1.82, 2.24) is 4.90 Å².